The predicted molar refractivity (Wildman–Crippen MR) is 82.4 cm³/mol. The van der Waals surface area contributed by atoms with Crippen molar-refractivity contribution < 1.29 is 13.9 Å². The molecule has 122 valence electrons. The third-order valence-corrected chi connectivity index (χ3v) is 4.74. The molecule has 2 fully saturated rings. The zero-order valence-corrected chi connectivity index (χ0v) is 13.3. The Labute approximate surface area is 131 Å². The summed E-state index contributed by atoms with van der Waals surface area (Å²) in [6, 6.07) is 1.96. The summed E-state index contributed by atoms with van der Waals surface area (Å²) in [6.45, 7) is 4.48. The van der Waals surface area contributed by atoms with Crippen molar-refractivity contribution in [2.24, 2.45) is 11.8 Å². The Morgan fingerprint density at radius 2 is 2.36 bits per heavy atom. The molecular weight excluding hydrogens is 282 g/mol. The predicted octanol–water partition coefficient (Wildman–Crippen LogP) is 1.39. The highest BCUT2D eigenvalue weighted by Crippen LogP contribution is 2.34. The maximum atomic E-state index is 11.7. The molecule has 1 N–H and O–H groups in total. The molecule has 2 saturated heterocycles. The lowest BCUT2D eigenvalue weighted by atomic mass is 9.84. The van der Waals surface area contributed by atoms with Crippen LogP contribution < -0.4 is 5.32 Å². The lowest BCUT2D eigenvalue weighted by Crippen LogP contribution is -2.46. The van der Waals surface area contributed by atoms with E-state index in [1.54, 1.807) is 25.3 Å². The van der Waals surface area contributed by atoms with E-state index < -0.39 is 0 Å². The van der Waals surface area contributed by atoms with Gasteiger partial charge in [0.1, 0.15) is 0 Å². The van der Waals surface area contributed by atoms with Gasteiger partial charge >= 0.3 is 6.03 Å². The normalized spacial score (nSPS) is 28.4. The van der Waals surface area contributed by atoms with Gasteiger partial charge in [0, 0.05) is 45.2 Å². The first-order chi connectivity index (χ1) is 10.6. The van der Waals surface area contributed by atoms with Crippen molar-refractivity contribution in [2.75, 3.05) is 40.3 Å². The van der Waals surface area contributed by atoms with Crippen LogP contribution in [0.4, 0.5) is 4.79 Å². The Morgan fingerprint density at radius 3 is 3.09 bits per heavy atom. The van der Waals surface area contributed by atoms with Crippen LogP contribution in [0.3, 0.4) is 0 Å². The average molecular weight is 307 g/mol. The number of ether oxygens (including phenoxy) is 1. The van der Waals surface area contributed by atoms with Gasteiger partial charge in [-0.15, -0.1) is 0 Å². The third kappa shape index (κ3) is 3.44. The van der Waals surface area contributed by atoms with Crippen LogP contribution >= 0.6 is 0 Å². The van der Waals surface area contributed by atoms with Crippen molar-refractivity contribution >= 4 is 6.03 Å². The van der Waals surface area contributed by atoms with Crippen molar-refractivity contribution in [3.8, 4) is 0 Å². The third-order valence-electron chi connectivity index (χ3n) is 4.74. The molecular formula is C16H25N3O3. The standard InChI is InChI=1S/C16H25N3O3/c1-18(2)16(20)17-7-15-14-9-19(5-3-13(14)11-22-15)8-12-4-6-21-10-12/h4,6,10,13-15H,3,5,7-9,11H2,1-2H3,(H,17,20)/t13-,14-,15+/m0/s1. The summed E-state index contributed by atoms with van der Waals surface area (Å²) in [5, 5.41) is 2.95. The van der Waals surface area contributed by atoms with Crippen LogP contribution in [0.2, 0.25) is 0 Å². The molecule has 3 rings (SSSR count). The maximum absolute atomic E-state index is 11.7. The molecule has 2 amide bonds. The van der Waals surface area contributed by atoms with Gasteiger partial charge in [-0.3, -0.25) is 4.90 Å². The minimum absolute atomic E-state index is 0.0573. The second kappa shape index (κ2) is 6.71. The number of nitrogens with zero attached hydrogens (tertiary/aromatic N) is 2. The summed E-state index contributed by atoms with van der Waals surface area (Å²) >= 11 is 0. The van der Waals surface area contributed by atoms with Crippen molar-refractivity contribution in [1.82, 2.24) is 15.1 Å². The summed E-state index contributed by atoms with van der Waals surface area (Å²) in [5.74, 6) is 1.13. The maximum Gasteiger partial charge on any atom is 0.316 e. The number of carbonyl (C=O) groups is 1. The molecule has 6 heteroatoms. The number of carbonyl (C=O) groups excluding carboxylic acids is 1. The first-order valence-corrected chi connectivity index (χ1v) is 7.93. The largest absolute Gasteiger partial charge is 0.472 e. The summed E-state index contributed by atoms with van der Waals surface area (Å²) in [6.07, 6.45) is 4.83. The molecule has 0 unspecified atom stereocenters. The van der Waals surface area contributed by atoms with E-state index in [1.807, 2.05) is 12.3 Å². The molecule has 1 aromatic heterocycles. The van der Waals surface area contributed by atoms with Crippen LogP contribution in [-0.2, 0) is 11.3 Å². The van der Waals surface area contributed by atoms with Crippen LogP contribution in [0.25, 0.3) is 0 Å². The number of likely N-dealkylation sites (tertiary alicyclic amines) is 1. The summed E-state index contributed by atoms with van der Waals surface area (Å²) in [7, 11) is 3.50. The average Bonchev–Trinajstić information content (AvgIpc) is 3.14. The molecule has 0 radical (unpaired) electrons. The van der Waals surface area contributed by atoms with Crippen molar-refractivity contribution in [2.45, 2.75) is 19.1 Å². The van der Waals surface area contributed by atoms with Gasteiger partial charge in [0.2, 0.25) is 0 Å². The number of nitrogens with one attached hydrogen (secondary N) is 1. The Balaban J connectivity index is 1.53. The van der Waals surface area contributed by atoms with Gasteiger partial charge in [-0.25, -0.2) is 4.79 Å². The van der Waals surface area contributed by atoms with Gasteiger partial charge in [0.05, 0.1) is 25.2 Å². The van der Waals surface area contributed by atoms with Crippen molar-refractivity contribution in [1.29, 1.82) is 0 Å². The summed E-state index contributed by atoms with van der Waals surface area (Å²) < 4.78 is 11.1. The van der Waals surface area contributed by atoms with Gasteiger partial charge in [-0.2, -0.15) is 0 Å². The number of piperidine rings is 1. The fourth-order valence-corrected chi connectivity index (χ4v) is 3.44. The van der Waals surface area contributed by atoms with E-state index in [1.165, 1.54) is 12.0 Å². The van der Waals surface area contributed by atoms with Crippen LogP contribution in [0.15, 0.2) is 23.0 Å². The summed E-state index contributed by atoms with van der Waals surface area (Å²) in [5.41, 5.74) is 1.22. The first-order valence-electron chi connectivity index (χ1n) is 7.93. The van der Waals surface area contributed by atoms with Gasteiger partial charge in [0.25, 0.3) is 0 Å². The molecule has 0 saturated carbocycles. The zero-order valence-electron chi connectivity index (χ0n) is 13.3. The smallest absolute Gasteiger partial charge is 0.316 e. The molecule has 2 aliphatic heterocycles. The van der Waals surface area contributed by atoms with Crippen LogP contribution in [-0.4, -0.2) is 62.3 Å². The van der Waals surface area contributed by atoms with E-state index in [0.717, 1.165) is 26.2 Å². The molecule has 0 bridgehead atoms. The molecule has 0 aromatic carbocycles. The highest BCUT2D eigenvalue weighted by molar-refractivity contribution is 5.73. The van der Waals surface area contributed by atoms with Gasteiger partial charge < -0.3 is 19.4 Å². The fourth-order valence-electron chi connectivity index (χ4n) is 3.44. The lowest BCUT2D eigenvalue weighted by molar-refractivity contribution is 0.0743. The van der Waals surface area contributed by atoms with Gasteiger partial charge in [0.15, 0.2) is 0 Å². The van der Waals surface area contributed by atoms with Gasteiger partial charge in [-0.1, -0.05) is 0 Å². The van der Waals surface area contributed by atoms with Crippen LogP contribution in [0.1, 0.15) is 12.0 Å². The number of urea groups is 1. The molecule has 6 nitrogen and oxygen atoms in total. The van der Waals surface area contributed by atoms with Crippen molar-refractivity contribution in [3.05, 3.63) is 24.2 Å². The number of fused-ring (bicyclic) bond motifs is 1. The molecule has 1 aromatic rings. The second-order valence-electron chi connectivity index (χ2n) is 6.53. The molecule has 3 atom stereocenters. The highest BCUT2D eigenvalue weighted by Gasteiger charge is 2.40. The van der Waals surface area contributed by atoms with E-state index >= 15 is 0 Å². The van der Waals surface area contributed by atoms with E-state index in [0.29, 0.717) is 18.4 Å². The molecule has 2 aliphatic rings. The minimum atomic E-state index is -0.0573. The van der Waals surface area contributed by atoms with E-state index in [4.69, 9.17) is 9.15 Å². The summed E-state index contributed by atoms with van der Waals surface area (Å²) in [4.78, 5) is 15.7. The van der Waals surface area contributed by atoms with E-state index in [2.05, 4.69) is 10.2 Å². The number of furan rings is 1. The topological polar surface area (TPSA) is 58.0 Å². The van der Waals surface area contributed by atoms with E-state index in [9.17, 15) is 4.79 Å². The molecule has 3 heterocycles. The number of amides is 2. The van der Waals surface area contributed by atoms with Crippen molar-refractivity contribution in [3.63, 3.8) is 0 Å². The Hall–Kier alpha value is -1.53. The Bertz CT molecular complexity index is 489. The molecule has 22 heavy (non-hydrogen) atoms. The van der Waals surface area contributed by atoms with Crippen LogP contribution in [0.5, 0.6) is 0 Å². The highest BCUT2D eigenvalue weighted by atomic mass is 16.5. The number of hydrogen-bond acceptors (Lipinski definition) is 4. The number of rotatable bonds is 4. The van der Waals surface area contributed by atoms with Crippen LogP contribution in [0, 0.1) is 11.8 Å². The quantitative estimate of drug-likeness (QED) is 0.913. The second-order valence-corrected chi connectivity index (χ2v) is 6.53. The minimum Gasteiger partial charge on any atom is -0.472 e. The van der Waals surface area contributed by atoms with E-state index in [-0.39, 0.29) is 12.1 Å². The number of hydrogen-bond donors (Lipinski definition) is 1. The molecule has 0 spiro atoms. The zero-order chi connectivity index (χ0) is 15.5. The lowest BCUT2D eigenvalue weighted by Gasteiger charge is -2.35. The Kier molecular flexibility index (Phi) is 4.69. The van der Waals surface area contributed by atoms with Gasteiger partial charge in [-0.05, 0) is 24.9 Å². The fraction of sp³-hybridized carbons (Fsp3) is 0.688. The Morgan fingerprint density at radius 1 is 1.50 bits per heavy atom. The first kappa shape index (κ1) is 15.4. The molecule has 0 aliphatic carbocycles. The monoisotopic (exact) mass is 307 g/mol. The SMILES string of the molecule is CN(C)C(=O)NC[C@H]1OC[C@@H]2CCN(Cc3ccoc3)C[C@@H]21.